The number of aryl methyl sites for hydroxylation is 1. The number of imide groups is 1. The highest BCUT2D eigenvalue weighted by molar-refractivity contribution is 6.06. The van der Waals surface area contributed by atoms with Crippen LogP contribution < -0.4 is 30.6 Å². The highest BCUT2D eigenvalue weighted by atomic mass is 16.5. The van der Waals surface area contributed by atoms with Gasteiger partial charge in [0.05, 0.1) is 26.3 Å². The largest absolute Gasteiger partial charge is 0.496 e. The average Bonchev–Trinajstić information content (AvgIpc) is 3.51. The standard InChI is InChI=1S/C44H56N8O8/c1-45-44(58)51-16-12-30-33(24-47(2)41(55)34(30)26-51)28-21-37(59-3)35(38(22-28)60-4)25-49-14-10-27(11-15-49)9-13-48-17-19-50(20-18-48)29-5-6-31-32(23-29)43(57)52(42(31)56)36-7-8-39(53)46-40(36)54/h5-6,21-24,27,36,43,57H,7-20,25-26H2,1-4H3,(H,45,58)(H,46,53,54). The van der Waals surface area contributed by atoms with Crippen LogP contribution >= 0.6 is 0 Å². The Morgan fingerprint density at radius 2 is 1.58 bits per heavy atom. The number of aliphatic hydroxyl groups is 1. The zero-order chi connectivity index (χ0) is 42.2. The van der Waals surface area contributed by atoms with E-state index >= 15 is 0 Å². The number of fused-ring (bicyclic) bond motifs is 2. The summed E-state index contributed by atoms with van der Waals surface area (Å²) in [5.41, 5.74) is 6.19. The number of aromatic nitrogens is 1. The van der Waals surface area contributed by atoms with Gasteiger partial charge in [-0.05, 0) is 99.1 Å². The molecule has 8 rings (SSSR count). The van der Waals surface area contributed by atoms with Crippen LogP contribution in [0.5, 0.6) is 11.5 Å². The van der Waals surface area contributed by atoms with E-state index in [2.05, 4.69) is 25.3 Å². The zero-order valence-electron chi connectivity index (χ0n) is 35.0. The maximum atomic E-state index is 13.2. The molecule has 320 valence electrons. The van der Waals surface area contributed by atoms with Crippen molar-refractivity contribution in [2.24, 2.45) is 13.0 Å². The van der Waals surface area contributed by atoms with Gasteiger partial charge in [0.25, 0.3) is 11.5 Å². The van der Waals surface area contributed by atoms with Crippen molar-refractivity contribution in [1.82, 2.24) is 34.8 Å². The molecule has 0 aliphatic carbocycles. The number of pyridine rings is 1. The zero-order valence-corrected chi connectivity index (χ0v) is 35.0. The Bertz CT molecular complexity index is 2200. The van der Waals surface area contributed by atoms with Gasteiger partial charge in [-0.1, -0.05) is 0 Å². The summed E-state index contributed by atoms with van der Waals surface area (Å²) in [6, 6.07) is 8.56. The van der Waals surface area contributed by atoms with Gasteiger partial charge in [0.1, 0.15) is 17.5 Å². The van der Waals surface area contributed by atoms with Gasteiger partial charge >= 0.3 is 6.03 Å². The third-order valence-corrected chi connectivity index (χ3v) is 13.3. The number of piperazine rings is 1. The normalized spacial score (nSPS) is 21.5. The first-order chi connectivity index (χ1) is 29.0. The molecule has 3 aromatic rings. The Morgan fingerprint density at radius 1 is 0.867 bits per heavy atom. The lowest BCUT2D eigenvalue weighted by Crippen LogP contribution is -2.53. The molecular weight excluding hydrogens is 769 g/mol. The quantitative estimate of drug-likeness (QED) is 0.257. The van der Waals surface area contributed by atoms with Gasteiger partial charge < -0.3 is 34.3 Å². The molecule has 2 aromatic carbocycles. The van der Waals surface area contributed by atoms with Crippen molar-refractivity contribution in [3.8, 4) is 22.6 Å². The lowest BCUT2D eigenvalue weighted by Gasteiger charge is -2.38. The number of piperidine rings is 2. The predicted octanol–water partition coefficient (Wildman–Crippen LogP) is 2.44. The lowest BCUT2D eigenvalue weighted by molar-refractivity contribution is -0.139. The van der Waals surface area contributed by atoms with Crippen molar-refractivity contribution in [3.63, 3.8) is 0 Å². The summed E-state index contributed by atoms with van der Waals surface area (Å²) in [4.78, 5) is 73.1. The van der Waals surface area contributed by atoms with Crippen LogP contribution in [0, 0.1) is 5.92 Å². The van der Waals surface area contributed by atoms with Gasteiger partial charge in [-0.15, -0.1) is 0 Å². The van der Waals surface area contributed by atoms with Crippen molar-refractivity contribution < 1.29 is 33.8 Å². The van der Waals surface area contributed by atoms with Gasteiger partial charge in [-0.25, -0.2) is 4.79 Å². The Balaban J connectivity index is 0.837. The molecule has 0 bridgehead atoms. The number of ether oxygens (including phenoxy) is 2. The van der Waals surface area contributed by atoms with E-state index in [-0.39, 0.29) is 42.8 Å². The Hall–Kier alpha value is -5.45. The number of carbonyl (C=O) groups is 4. The number of likely N-dealkylation sites (tertiary alicyclic amines) is 1. The molecule has 16 heteroatoms. The Kier molecular flexibility index (Phi) is 11.9. The third-order valence-electron chi connectivity index (χ3n) is 13.3. The van der Waals surface area contributed by atoms with Crippen LogP contribution in [0.1, 0.15) is 70.9 Å². The van der Waals surface area contributed by atoms with Crippen LogP contribution in [0.25, 0.3) is 11.1 Å². The Labute approximate surface area is 350 Å². The number of methoxy groups -OCH3 is 2. The molecule has 0 radical (unpaired) electrons. The van der Waals surface area contributed by atoms with Crippen molar-refractivity contribution in [3.05, 3.63) is 74.7 Å². The number of rotatable bonds is 10. The summed E-state index contributed by atoms with van der Waals surface area (Å²) in [5.74, 6) is 0.834. The molecule has 2 unspecified atom stereocenters. The van der Waals surface area contributed by atoms with E-state index in [1.54, 1.807) is 43.8 Å². The molecule has 3 fully saturated rings. The maximum absolute atomic E-state index is 13.2. The molecule has 60 heavy (non-hydrogen) atoms. The van der Waals surface area contributed by atoms with Crippen LogP contribution in [0.15, 0.2) is 41.3 Å². The number of nitrogens with one attached hydrogen (secondary N) is 2. The molecule has 3 N–H and O–H groups in total. The highest BCUT2D eigenvalue weighted by Gasteiger charge is 2.44. The topological polar surface area (TPSA) is 169 Å². The molecule has 2 atom stereocenters. The SMILES string of the molecule is CNC(=O)N1CCc2c(-c3cc(OC)c(CN4CCC(CCN5CCN(c6ccc7c(c6)C(O)N(C6CCC(=O)NC6=O)C7=O)CC5)CC4)c(OC)c3)cn(C)c(=O)c2C1. The van der Waals surface area contributed by atoms with E-state index in [0.717, 1.165) is 105 Å². The minimum atomic E-state index is -1.23. The summed E-state index contributed by atoms with van der Waals surface area (Å²) in [6.07, 6.45) is 4.92. The monoisotopic (exact) mass is 824 g/mol. The number of hydrogen-bond donors (Lipinski definition) is 3. The molecule has 16 nitrogen and oxygen atoms in total. The van der Waals surface area contributed by atoms with Gasteiger partial charge in [0.15, 0.2) is 6.23 Å². The number of hydrogen-bond acceptors (Lipinski definition) is 11. The second-order valence-corrected chi connectivity index (χ2v) is 16.7. The fraction of sp³-hybridized carbons (Fsp3) is 0.523. The third kappa shape index (κ3) is 7.95. The van der Waals surface area contributed by atoms with Crippen LogP contribution in [0.4, 0.5) is 10.5 Å². The minimum Gasteiger partial charge on any atom is -0.496 e. The second kappa shape index (κ2) is 17.3. The number of aliphatic hydroxyl groups excluding tert-OH is 1. The number of benzene rings is 2. The van der Waals surface area contributed by atoms with Gasteiger partial charge in [-0.3, -0.25) is 39.2 Å². The summed E-state index contributed by atoms with van der Waals surface area (Å²) < 4.78 is 13.6. The highest BCUT2D eigenvalue weighted by Crippen LogP contribution is 2.40. The first-order valence-electron chi connectivity index (χ1n) is 21.1. The molecule has 0 saturated carbocycles. The molecule has 5 amide bonds. The smallest absolute Gasteiger partial charge is 0.317 e. The summed E-state index contributed by atoms with van der Waals surface area (Å²) in [6.45, 7) is 8.01. The van der Waals surface area contributed by atoms with Gasteiger partial charge in [0, 0.05) is 93.9 Å². The molecule has 5 aliphatic heterocycles. The number of anilines is 1. The fourth-order valence-electron chi connectivity index (χ4n) is 9.74. The number of amides is 5. The van der Waals surface area contributed by atoms with Crippen molar-refractivity contribution in [2.45, 2.75) is 63.9 Å². The van der Waals surface area contributed by atoms with Crippen LogP contribution in [0.2, 0.25) is 0 Å². The maximum Gasteiger partial charge on any atom is 0.317 e. The number of urea groups is 1. The van der Waals surface area contributed by atoms with Gasteiger partial charge in [-0.2, -0.15) is 0 Å². The lowest BCUT2D eigenvalue weighted by atomic mass is 9.91. The van der Waals surface area contributed by atoms with Crippen LogP contribution in [0.3, 0.4) is 0 Å². The fourth-order valence-corrected chi connectivity index (χ4v) is 9.74. The first kappa shape index (κ1) is 41.3. The minimum absolute atomic E-state index is 0.0961. The predicted molar refractivity (Wildman–Crippen MR) is 224 cm³/mol. The van der Waals surface area contributed by atoms with E-state index in [1.807, 2.05) is 30.5 Å². The van der Waals surface area contributed by atoms with Crippen molar-refractivity contribution in [2.75, 3.05) is 78.5 Å². The second-order valence-electron chi connectivity index (χ2n) is 16.7. The van der Waals surface area contributed by atoms with Crippen molar-refractivity contribution >= 4 is 29.4 Å². The molecule has 6 heterocycles. The van der Waals surface area contributed by atoms with Crippen LogP contribution in [-0.4, -0.2) is 133 Å². The average molecular weight is 825 g/mol. The van der Waals surface area contributed by atoms with E-state index in [9.17, 15) is 29.1 Å². The van der Waals surface area contributed by atoms with Crippen LogP contribution in [-0.2, 0) is 36.1 Å². The summed E-state index contributed by atoms with van der Waals surface area (Å²) in [7, 11) is 6.71. The summed E-state index contributed by atoms with van der Waals surface area (Å²) in [5, 5.41) is 16.1. The van der Waals surface area contributed by atoms with E-state index in [4.69, 9.17) is 9.47 Å². The van der Waals surface area contributed by atoms with Crippen molar-refractivity contribution in [1.29, 1.82) is 0 Å². The van der Waals surface area contributed by atoms with E-state index in [0.29, 0.717) is 42.1 Å². The molecule has 5 aliphatic rings. The summed E-state index contributed by atoms with van der Waals surface area (Å²) >= 11 is 0. The Morgan fingerprint density at radius 3 is 2.25 bits per heavy atom. The first-order valence-corrected chi connectivity index (χ1v) is 21.1. The number of carbonyl (C=O) groups excluding carboxylic acids is 4. The molecule has 0 spiro atoms. The molecular formula is C44H56N8O8. The van der Waals surface area contributed by atoms with Gasteiger partial charge in [0.2, 0.25) is 11.8 Å². The molecule has 3 saturated heterocycles. The van der Waals surface area contributed by atoms with E-state index in [1.165, 1.54) is 4.90 Å². The van der Waals surface area contributed by atoms with E-state index < -0.39 is 18.2 Å². The molecule has 1 aromatic heterocycles. The number of nitrogens with zero attached hydrogens (tertiary/aromatic N) is 6.